The summed E-state index contributed by atoms with van der Waals surface area (Å²) in [5.74, 6) is 1.64. The fourth-order valence-electron chi connectivity index (χ4n) is 4.26. The number of thiophene rings is 1. The van der Waals surface area contributed by atoms with Gasteiger partial charge in [-0.2, -0.15) is 0 Å². The predicted molar refractivity (Wildman–Crippen MR) is 156 cm³/mol. The van der Waals surface area contributed by atoms with E-state index in [4.69, 9.17) is 10.4 Å². The van der Waals surface area contributed by atoms with Crippen molar-refractivity contribution in [3.05, 3.63) is 81.9 Å². The Bertz CT molecular complexity index is 1340. The van der Waals surface area contributed by atoms with Gasteiger partial charge in [0.15, 0.2) is 0 Å². The Kier molecular flexibility index (Phi) is 7.20. The second kappa shape index (κ2) is 10.1. The molecular formula is C30H37N5OS. The van der Waals surface area contributed by atoms with Crippen molar-refractivity contribution in [2.75, 3.05) is 17.3 Å². The molecule has 37 heavy (non-hydrogen) atoms. The van der Waals surface area contributed by atoms with Crippen molar-refractivity contribution in [3.8, 4) is 17.0 Å². The zero-order chi connectivity index (χ0) is 27.0. The van der Waals surface area contributed by atoms with Crippen LogP contribution in [0.5, 0.6) is 5.75 Å². The largest absolute Gasteiger partial charge is 0.507 e. The highest BCUT2D eigenvalue weighted by Gasteiger charge is 2.27. The van der Waals surface area contributed by atoms with Gasteiger partial charge in [-0.3, -0.25) is 5.41 Å². The van der Waals surface area contributed by atoms with E-state index in [2.05, 4.69) is 68.9 Å². The minimum atomic E-state index is -0.192. The summed E-state index contributed by atoms with van der Waals surface area (Å²) in [6, 6.07) is 16.1. The van der Waals surface area contributed by atoms with Crippen LogP contribution in [0.3, 0.4) is 0 Å². The number of phenols is 1. The second-order valence-electron chi connectivity index (χ2n) is 11.5. The maximum atomic E-state index is 11.0. The monoisotopic (exact) mass is 515 g/mol. The Balaban J connectivity index is 1.51. The molecule has 4 rings (SSSR count). The number of benzene rings is 2. The molecule has 4 N–H and O–H groups in total. The number of rotatable bonds is 6. The van der Waals surface area contributed by atoms with Gasteiger partial charge in [-0.25, -0.2) is 4.98 Å². The first-order chi connectivity index (χ1) is 17.3. The van der Waals surface area contributed by atoms with Crippen LogP contribution in [0.25, 0.3) is 11.3 Å². The molecule has 0 saturated carbocycles. The van der Waals surface area contributed by atoms with Crippen LogP contribution in [0, 0.1) is 5.41 Å². The molecule has 0 fully saturated rings. The lowest BCUT2D eigenvalue weighted by molar-refractivity contribution is 0.423. The van der Waals surface area contributed by atoms with Gasteiger partial charge in [0, 0.05) is 41.3 Å². The highest BCUT2D eigenvalue weighted by molar-refractivity contribution is 7.12. The summed E-state index contributed by atoms with van der Waals surface area (Å²) in [7, 11) is 2.04. The van der Waals surface area contributed by atoms with Crippen molar-refractivity contribution in [1.29, 1.82) is 5.41 Å². The quantitative estimate of drug-likeness (QED) is 0.158. The van der Waals surface area contributed by atoms with Crippen molar-refractivity contribution in [2.45, 2.75) is 58.9 Å². The molecular weight excluding hydrogens is 478 g/mol. The molecule has 2 aromatic carbocycles. The number of hydrogen-bond acceptors (Lipinski definition) is 5. The van der Waals surface area contributed by atoms with E-state index < -0.39 is 0 Å². The van der Waals surface area contributed by atoms with E-state index >= 15 is 0 Å². The summed E-state index contributed by atoms with van der Waals surface area (Å²) in [5, 5.41) is 24.4. The van der Waals surface area contributed by atoms with Crippen molar-refractivity contribution in [3.63, 3.8) is 0 Å². The maximum Gasteiger partial charge on any atom is 0.140 e. The smallest absolute Gasteiger partial charge is 0.140 e. The maximum absolute atomic E-state index is 11.0. The number of aromatic nitrogens is 2. The fraction of sp³-hybridized carbons (Fsp3) is 0.333. The lowest BCUT2D eigenvalue weighted by Crippen LogP contribution is -2.18. The van der Waals surface area contributed by atoms with Crippen LogP contribution < -0.4 is 10.2 Å². The van der Waals surface area contributed by atoms with Gasteiger partial charge >= 0.3 is 0 Å². The van der Waals surface area contributed by atoms with E-state index in [-0.39, 0.29) is 10.8 Å². The number of imidazole rings is 1. The first-order valence-electron chi connectivity index (χ1n) is 12.5. The molecule has 6 nitrogen and oxygen atoms in total. The van der Waals surface area contributed by atoms with E-state index in [9.17, 15) is 5.11 Å². The molecule has 2 heterocycles. The van der Waals surface area contributed by atoms with Crippen LogP contribution in [0.1, 0.15) is 63.4 Å². The van der Waals surface area contributed by atoms with E-state index in [1.54, 1.807) is 11.3 Å². The van der Waals surface area contributed by atoms with Crippen molar-refractivity contribution in [1.82, 2.24) is 9.97 Å². The number of amidine groups is 1. The minimum absolute atomic E-state index is 0.192. The van der Waals surface area contributed by atoms with Gasteiger partial charge in [0.05, 0.1) is 17.1 Å². The van der Waals surface area contributed by atoms with Gasteiger partial charge in [-0.1, -0.05) is 47.6 Å². The number of aromatic amines is 1. The first-order valence-corrected chi connectivity index (χ1v) is 13.3. The lowest BCUT2D eigenvalue weighted by atomic mass is 9.78. The van der Waals surface area contributed by atoms with Crippen molar-refractivity contribution >= 4 is 28.5 Å². The molecule has 0 radical (unpaired) electrons. The van der Waals surface area contributed by atoms with E-state index in [0.29, 0.717) is 18.1 Å². The molecule has 7 heteroatoms. The van der Waals surface area contributed by atoms with Gasteiger partial charge in [-0.15, -0.1) is 11.3 Å². The summed E-state index contributed by atoms with van der Waals surface area (Å²) in [5.41, 5.74) is 5.28. The van der Waals surface area contributed by atoms with Crippen LogP contribution in [-0.2, 0) is 17.4 Å². The van der Waals surface area contributed by atoms with Gasteiger partial charge in [0.25, 0.3) is 0 Å². The molecule has 0 aliphatic heterocycles. The molecule has 4 aromatic rings. The number of nitrogens with one attached hydrogen (secondary N) is 3. The Hall–Kier alpha value is -3.58. The van der Waals surface area contributed by atoms with Crippen LogP contribution >= 0.6 is 11.3 Å². The number of nitrogens with zero attached hydrogens (tertiary/aromatic N) is 2. The number of H-pyrrole nitrogens is 1. The third kappa shape index (κ3) is 6.05. The molecule has 194 valence electrons. The van der Waals surface area contributed by atoms with Crippen LogP contribution in [0.2, 0.25) is 0 Å². The first kappa shape index (κ1) is 26.5. The summed E-state index contributed by atoms with van der Waals surface area (Å²) in [6.45, 7) is 13.3. The Labute approximate surface area is 223 Å². The van der Waals surface area contributed by atoms with E-state index in [1.807, 2.05) is 55.0 Å². The zero-order valence-electron chi connectivity index (χ0n) is 22.7. The SMILES string of the molecule is CN(Cc1nc(-c2cc(C(C)(C)C)c(O)c(C(C)(C)C)c2)c[nH]1)c1ccc(NC(=N)c2cccs2)cc1. The van der Waals surface area contributed by atoms with Gasteiger partial charge in [0.1, 0.15) is 17.4 Å². The Morgan fingerprint density at radius 1 is 1.03 bits per heavy atom. The summed E-state index contributed by atoms with van der Waals surface area (Å²) < 4.78 is 0. The van der Waals surface area contributed by atoms with Crippen LogP contribution in [0.4, 0.5) is 11.4 Å². The normalized spacial score (nSPS) is 12.0. The van der Waals surface area contributed by atoms with Crippen molar-refractivity contribution in [2.24, 2.45) is 0 Å². The minimum Gasteiger partial charge on any atom is -0.507 e. The summed E-state index contributed by atoms with van der Waals surface area (Å²) in [6.07, 6.45) is 1.94. The molecule has 0 aliphatic carbocycles. The molecule has 0 atom stereocenters. The number of anilines is 2. The molecule has 0 unspecified atom stereocenters. The van der Waals surface area contributed by atoms with Crippen molar-refractivity contribution < 1.29 is 5.11 Å². The van der Waals surface area contributed by atoms with E-state index in [0.717, 1.165) is 44.5 Å². The van der Waals surface area contributed by atoms with Crippen LogP contribution in [-0.4, -0.2) is 28.0 Å². The van der Waals surface area contributed by atoms with Crippen LogP contribution in [0.15, 0.2) is 60.1 Å². The molecule has 0 spiro atoms. The number of hydrogen-bond donors (Lipinski definition) is 4. The average molecular weight is 516 g/mol. The Morgan fingerprint density at radius 2 is 1.65 bits per heavy atom. The molecule has 0 amide bonds. The number of aromatic hydroxyl groups is 1. The summed E-state index contributed by atoms with van der Waals surface area (Å²) in [4.78, 5) is 11.3. The second-order valence-corrected chi connectivity index (χ2v) is 12.5. The van der Waals surface area contributed by atoms with Gasteiger partial charge in [0.2, 0.25) is 0 Å². The molecule has 0 bridgehead atoms. The molecule has 0 saturated heterocycles. The fourth-order valence-corrected chi connectivity index (χ4v) is 4.89. The predicted octanol–water partition coefficient (Wildman–Crippen LogP) is 7.51. The third-order valence-electron chi connectivity index (χ3n) is 6.38. The molecule has 2 aromatic heterocycles. The highest BCUT2D eigenvalue weighted by Crippen LogP contribution is 2.41. The van der Waals surface area contributed by atoms with E-state index in [1.165, 1.54) is 0 Å². The number of phenolic OH excluding ortho intramolecular Hbond substituents is 1. The standard InChI is InChI=1S/C30H37N5OS/c1-29(2,3)22-15-19(16-23(27(22)36)30(4,5)6)24-17-32-26(34-24)18-35(7)21-12-10-20(11-13-21)33-28(31)25-9-8-14-37-25/h8-17,36H,18H2,1-7H3,(H2,31,33)(H,32,34). The Morgan fingerprint density at radius 3 is 2.19 bits per heavy atom. The topological polar surface area (TPSA) is 88.0 Å². The summed E-state index contributed by atoms with van der Waals surface area (Å²) >= 11 is 1.55. The molecule has 0 aliphatic rings. The highest BCUT2D eigenvalue weighted by atomic mass is 32.1. The van der Waals surface area contributed by atoms with Gasteiger partial charge in [-0.05, 0) is 58.7 Å². The van der Waals surface area contributed by atoms with Gasteiger partial charge < -0.3 is 20.3 Å². The zero-order valence-corrected chi connectivity index (χ0v) is 23.5. The average Bonchev–Trinajstić information content (AvgIpc) is 3.51. The lowest BCUT2D eigenvalue weighted by Gasteiger charge is -2.28. The third-order valence-corrected chi connectivity index (χ3v) is 7.27.